The SMILES string of the molecule is CNC(=O)C(C)(C)CNC1CC(c2ccc(Br)cc2)C1. The highest BCUT2D eigenvalue weighted by atomic mass is 79.9. The van der Waals surface area contributed by atoms with E-state index in [9.17, 15) is 4.79 Å². The Morgan fingerprint density at radius 2 is 1.90 bits per heavy atom. The molecule has 0 aromatic heterocycles. The number of carbonyl (C=O) groups excluding carboxylic acids is 1. The van der Waals surface area contributed by atoms with Gasteiger partial charge in [0.05, 0.1) is 5.41 Å². The van der Waals surface area contributed by atoms with E-state index in [0.29, 0.717) is 12.0 Å². The third-order valence-electron chi connectivity index (χ3n) is 4.15. The lowest BCUT2D eigenvalue weighted by Gasteiger charge is -2.38. The maximum Gasteiger partial charge on any atom is 0.226 e. The maximum atomic E-state index is 11.7. The summed E-state index contributed by atoms with van der Waals surface area (Å²) in [6.45, 7) is 4.68. The molecule has 1 fully saturated rings. The number of carbonyl (C=O) groups is 1. The van der Waals surface area contributed by atoms with Crippen molar-refractivity contribution in [2.45, 2.75) is 38.6 Å². The number of halogens is 1. The second-order valence-electron chi connectivity index (χ2n) is 6.26. The highest BCUT2D eigenvalue weighted by Crippen LogP contribution is 2.37. The lowest BCUT2D eigenvalue weighted by molar-refractivity contribution is -0.128. The van der Waals surface area contributed by atoms with Crippen LogP contribution < -0.4 is 10.6 Å². The topological polar surface area (TPSA) is 41.1 Å². The monoisotopic (exact) mass is 338 g/mol. The Kier molecular flexibility index (Phi) is 4.86. The van der Waals surface area contributed by atoms with Gasteiger partial charge in [-0.1, -0.05) is 28.1 Å². The molecular weight excluding hydrogens is 316 g/mol. The van der Waals surface area contributed by atoms with E-state index in [4.69, 9.17) is 0 Å². The smallest absolute Gasteiger partial charge is 0.226 e. The van der Waals surface area contributed by atoms with Crippen LogP contribution in [0.15, 0.2) is 28.7 Å². The Bertz CT molecular complexity index is 464. The second-order valence-corrected chi connectivity index (χ2v) is 7.18. The summed E-state index contributed by atoms with van der Waals surface area (Å²) in [5.74, 6) is 0.748. The molecule has 0 heterocycles. The van der Waals surface area contributed by atoms with Crippen molar-refractivity contribution >= 4 is 21.8 Å². The molecule has 1 aliphatic rings. The van der Waals surface area contributed by atoms with Crippen LogP contribution >= 0.6 is 15.9 Å². The number of nitrogens with one attached hydrogen (secondary N) is 2. The lowest BCUT2D eigenvalue weighted by Crippen LogP contribution is -2.48. The van der Waals surface area contributed by atoms with Crippen LogP contribution in [0.25, 0.3) is 0 Å². The van der Waals surface area contributed by atoms with Gasteiger partial charge in [0, 0.05) is 24.1 Å². The van der Waals surface area contributed by atoms with Gasteiger partial charge in [-0.25, -0.2) is 0 Å². The second kappa shape index (κ2) is 6.27. The molecule has 0 unspecified atom stereocenters. The Morgan fingerprint density at radius 1 is 1.30 bits per heavy atom. The number of rotatable bonds is 5. The predicted octanol–water partition coefficient (Wildman–Crippen LogP) is 3.06. The Hall–Kier alpha value is -0.870. The van der Waals surface area contributed by atoms with E-state index in [1.807, 2.05) is 13.8 Å². The van der Waals surface area contributed by atoms with Crippen molar-refractivity contribution in [3.8, 4) is 0 Å². The van der Waals surface area contributed by atoms with Gasteiger partial charge >= 0.3 is 0 Å². The molecular formula is C16H23BrN2O. The van der Waals surface area contributed by atoms with E-state index >= 15 is 0 Å². The average Bonchev–Trinajstić information content (AvgIpc) is 2.37. The molecule has 0 saturated heterocycles. The van der Waals surface area contributed by atoms with Crippen molar-refractivity contribution in [1.29, 1.82) is 0 Å². The standard InChI is InChI=1S/C16H23BrN2O/c1-16(2,15(20)18-3)10-19-14-8-12(9-14)11-4-6-13(17)7-5-11/h4-7,12,14,19H,8-10H2,1-3H3,(H,18,20). The number of hydrogen-bond donors (Lipinski definition) is 2. The molecule has 0 aliphatic heterocycles. The maximum absolute atomic E-state index is 11.7. The molecule has 2 N–H and O–H groups in total. The molecule has 0 radical (unpaired) electrons. The van der Waals surface area contributed by atoms with Crippen LogP contribution in [-0.2, 0) is 4.79 Å². The molecule has 4 heteroatoms. The molecule has 1 amide bonds. The molecule has 0 spiro atoms. The van der Waals surface area contributed by atoms with Crippen LogP contribution in [0.1, 0.15) is 38.2 Å². The minimum Gasteiger partial charge on any atom is -0.359 e. The summed E-state index contributed by atoms with van der Waals surface area (Å²) < 4.78 is 1.13. The van der Waals surface area contributed by atoms with Crippen molar-refractivity contribution in [2.75, 3.05) is 13.6 Å². The molecule has 20 heavy (non-hydrogen) atoms. The van der Waals surface area contributed by atoms with Crippen LogP contribution in [0, 0.1) is 5.41 Å². The van der Waals surface area contributed by atoms with Gasteiger partial charge < -0.3 is 10.6 Å². The molecule has 3 nitrogen and oxygen atoms in total. The van der Waals surface area contributed by atoms with Crippen molar-refractivity contribution in [2.24, 2.45) is 5.41 Å². The quantitative estimate of drug-likeness (QED) is 0.866. The van der Waals surface area contributed by atoms with E-state index in [0.717, 1.165) is 23.9 Å². The molecule has 1 aliphatic carbocycles. The minimum absolute atomic E-state index is 0.0915. The van der Waals surface area contributed by atoms with Crippen molar-refractivity contribution < 1.29 is 4.79 Å². The van der Waals surface area contributed by atoms with Gasteiger partial charge in [-0.15, -0.1) is 0 Å². The largest absolute Gasteiger partial charge is 0.359 e. The zero-order valence-electron chi connectivity index (χ0n) is 12.4. The first kappa shape index (κ1) is 15.5. The van der Waals surface area contributed by atoms with E-state index in [2.05, 4.69) is 50.8 Å². The van der Waals surface area contributed by atoms with Gasteiger partial charge in [0.15, 0.2) is 0 Å². The third kappa shape index (κ3) is 3.61. The molecule has 110 valence electrons. The number of amides is 1. The van der Waals surface area contributed by atoms with Gasteiger partial charge in [-0.05, 0) is 50.3 Å². The average molecular weight is 339 g/mol. The third-order valence-corrected chi connectivity index (χ3v) is 4.68. The van der Waals surface area contributed by atoms with Gasteiger partial charge in [0.25, 0.3) is 0 Å². The first-order chi connectivity index (χ1) is 9.42. The van der Waals surface area contributed by atoms with Gasteiger partial charge in [0.2, 0.25) is 5.91 Å². The number of benzene rings is 1. The van der Waals surface area contributed by atoms with Crippen LogP contribution in [0.5, 0.6) is 0 Å². The summed E-state index contributed by atoms with van der Waals surface area (Å²) in [5.41, 5.74) is 1.06. The van der Waals surface area contributed by atoms with Crippen LogP contribution in [0.2, 0.25) is 0 Å². The van der Waals surface area contributed by atoms with Gasteiger partial charge in [-0.2, -0.15) is 0 Å². The van der Waals surface area contributed by atoms with Crippen molar-refractivity contribution in [1.82, 2.24) is 10.6 Å². The van der Waals surface area contributed by atoms with E-state index in [1.54, 1.807) is 7.05 Å². The zero-order valence-corrected chi connectivity index (χ0v) is 14.0. The lowest BCUT2D eigenvalue weighted by atomic mass is 9.75. The van der Waals surface area contributed by atoms with E-state index in [-0.39, 0.29) is 11.3 Å². The van der Waals surface area contributed by atoms with Crippen molar-refractivity contribution in [3.05, 3.63) is 34.3 Å². The first-order valence-corrected chi connectivity index (χ1v) is 7.92. The summed E-state index contributed by atoms with van der Waals surface area (Å²) >= 11 is 3.46. The fraction of sp³-hybridized carbons (Fsp3) is 0.562. The normalized spacial score (nSPS) is 22.2. The zero-order chi connectivity index (χ0) is 14.8. The summed E-state index contributed by atoms with van der Waals surface area (Å²) in [6, 6.07) is 9.13. The van der Waals surface area contributed by atoms with Crippen LogP contribution in [0.3, 0.4) is 0 Å². The summed E-state index contributed by atoms with van der Waals surface area (Å²) in [5, 5.41) is 6.24. The van der Waals surface area contributed by atoms with E-state index < -0.39 is 0 Å². The molecule has 0 atom stereocenters. The Balaban J connectivity index is 1.77. The summed E-state index contributed by atoms with van der Waals surface area (Å²) in [4.78, 5) is 11.7. The predicted molar refractivity (Wildman–Crippen MR) is 85.8 cm³/mol. The minimum atomic E-state index is -0.350. The fourth-order valence-electron chi connectivity index (χ4n) is 2.61. The highest BCUT2D eigenvalue weighted by Gasteiger charge is 2.33. The van der Waals surface area contributed by atoms with Crippen LogP contribution in [-0.4, -0.2) is 25.5 Å². The highest BCUT2D eigenvalue weighted by molar-refractivity contribution is 9.10. The molecule has 1 aromatic rings. The fourth-order valence-corrected chi connectivity index (χ4v) is 2.87. The van der Waals surface area contributed by atoms with E-state index in [1.165, 1.54) is 5.56 Å². The Labute approximate surface area is 129 Å². The molecule has 0 bridgehead atoms. The number of hydrogen-bond acceptors (Lipinski definition) is 2. The molecule has 2 rings (SSSR count). The summed E-state index contributed by atoms with van der Waals surface area (Å²) in [7, 11) is 1.69. The van der Waals surface area contributed by atoms with Gasteiger partial charge in [-0.3, -0.25) is 4.79 Å². The first-order valence-electron chi connectivity index (χ1n) is 7.13. The van der Waals surface area contributed by atoms with Crippen LogP contribution in [0.4, 0.5) is 0 Å². The van der Waals surface area contributed by atoms with Gasteiger partial charge in [0.1, 0.15) is 0 Å². The Morgan fingerprint density at radius 3 is 2.45 bits per heavy atom. The molecule has 1 saturated carbocycles. The van der Waals surface area contributed by atoms with Crippen molar-refractivity contribution in [3.63, 3.8) is 0 Å². The molecule has 1 aromatic carbocycles. The summed E-state index contributed by atoms with van der Waals surface area (Å²) in [6.07, 6.45) is 2.32.